The fourth-order valence-corrected chi connectivity index (χ4v) is 3.62. The predicted molar refractivity (Wildman–Crippen MR) is 106 cm³/mol. The van der Waals surface area contributed by atoms with Gasteiger partial charge in [0.2, 0.25) is 5.95 Å². The summed E-state index contributed by atoms with van der Waals surface area (Å²) in [6.07, 6.45) is 5.20. The molecular formula is C20H23N5O2. The molecular weight excluding hydrogens is 342 g/mol. The van der Waals surface area contributed by atoms with Gasteiger partial charge in [0.25, 0.3) is 0 Å². The van der Waals surface area contributed by atoms with Crippen molar-refractivity contribution in [1.82, 2.24) is 15.0 Å². The predicted octanol–water partition coefficient (Wildman–Crippen LogP) is 3.71. The Kier molecular flexibility index (Phi) is 4.66. The molecule has 0 bridgehead atoms. The molecule has 3 N–H and O–H groups in total. The molecule has 1 saturated heterocycles. The van der Waals surface area contributed by atoms with Gasteiger partial charge in [0.1, 0.15) is 11.9 Å². The lowest BCUT2D eigenvalue weighted by atomic mass is 10.2. The number of carboxylic acids is 1. The molecule has 27 heavy (non-hydrogen) atoms. The Morgan fingerprint density at radius 3 is 3.04 bits per heavy atom. The van der Waals surface area contributed by atoms with Crippen LogP contribution in [0.1, 0.15) is 31.9 Å². The summed E-state index contributed by atoms with van der Waals surface area (Å²) < 4.78 is 0. The molecule has 3 aromatic rings. The molecule has 7 heteroatoms. The molecule has 4 rings (SSSR count). The van der Waals surface area contributed by atoms with E-state index in [-0.39, 0.29) is 0 Å². The minimum Gasteiger partial charge on any atom is -0.480 e. The van der Waals surface area contributed by atoms with Crippen LogP contribution in [-0.4, -0.2) is 38.6 Å². The molecule has 1 aliphatic heterocycles. The lowest BCUT2D eigenvalue weighted by Gasteiger charge is -2.23. The van der Waals surface area contributed by atoms with Crippen molar-refractivity contribution in [2.75, 3.05) is 16.8 Å². The van der Waals surface area contributed by atoms with E-state index in [1.54, 1.807) is 0 Å². The number of aryl methyl sites for hydroxylation is 1. The summed E-state index contributed by atoms with van der Waals surface area (Å²) in [6, 6.07) is 9.46. The topological polar surface area (TPSA) is 94.1 Å². The number of rotatable bonds is 6. The summed E-state index contributed by atoms with van der Waals surface area (Å²) >= 11 is 0. The van der Waals surface area contributed by atoms with Crippen LogP contribution in [0, 0.1) is 0 Å². The average Bonchev–Trinajstić information content (AvgIpc) is 3.31. The van der Waals surface area contributed by atoms with Crippen LogP contribution in [0.4, 0.5) is 17.5 Å². The Morgan fingerprint density at radius 1 is 1.33 bits per heavy atom. The number of carbonyl (C=O) groups is 1. The van der Waals surface area contributed by atoms with Gasteiger partial charge in [0.05, 0.1) is 0 Å². The SMILES string of the molecule is CCCc1cc(N2CCC[C@H]2C(=O)O)nc(Nc2ccc3cc[nH]c3c2)n1. The molecule has 1 aliphatic rings. The molecule has 1 fully saturated rings. The van der Waals surface area contributed by atoms with Crippen molar-refractivity contribution >= 4 is 34.3 Å². The van der Waals surface area contributed by atoms with E-state index in [2.05, 4.69) is 27.2 Å². The number of aromatic amines is 1. The van der Waals surface area contributed by atoms with Gasteiger partial charge in [0.15, 0.2) is 0 Å². The van der Waals surface area contributed by atoms with Crippen molar-refractivity contribution in [2.45, 2.75) is 38.6 Å². The van der Waals surface area contributed by atoms with Gasteiger partial charge in [0, 0.05) is 35.7 Å². The summed E-state index contributed by atoms with van der Waals surface area (Å²) in [4.78, 5) is 25.9. The average molecular weight is 365 g/mol. The number of nitrogens with zero attached hydrogens (tertiary/aromatic N) is 3. The first-order valence-corrected chi connectivity index (χ1v) is 9.35. The normalized spacial score (nSPS) is 16.8. The second kappa shape index (κ2) is 7.26. The van der Waals surface area contributed by atoms with Crippen molar-refractivity contribution in [3.8, 4) is 0 Å². The van der Waals surface area contributed by atoms with E-state index in [1.807, 2.05) is 41.4 Å². The van der Waals surface area contributed by atoms with E-state index in [4.69, 9.17) is 0 Å². The highest BCUT2D eigenvalue weighted by atomic mass is 16.4. The van der Waals surface area contributed by atoms with Crippen LogP contribution in [0.25, 0.3) is 10.9 Å². The lowest BCUT2D eigenvalue weighted by molar-refractivity contribution is -0.138. The molecule has 0 aliphatic carbocycles. The van der Waals surface area contributed by atoms with Gasteiger partial charge in [-0.1, -0.05) is 19.4 Å². The van der Waals surface area contributed by atoms with Gasteiger partial charge >= 0.3 is 5.97 Å². The van der Waals surface area contributed by atoms with Crippen LogP contribution in [0.2, 0.25) is 0 Å². The number of fused-ring (bicyclic) bond motifs is 1. The third-order valence-corrected chi connectivity index (χ3v) is 4.92. The molecule has 0 saturated carbocycles. The fraction of sp³-hybridized carbons (Fsp3) is 0.350. The van der Waals surface area contributed by atoms with Gasteiger partial charge in [-0.15, -0.1) is 0 Å². The minimum absolute atomic E-state index is 0.498. The molecule has 1 aromatic carbocycles. The Hall–Kier alpha value is -3.09. The molecule has 2 aromatic heterocycles. The number of hydrogen-bond acceptors (Lipinski definition) is 5. The monoisotopic (exact) mass is 365 g/mol. The second-order valence-electron chi connectivity index (χ2n) is 6.89. The quantitative estimate of drug-likeness (QED) is 0.616. The molecule has 140 valence electrons. The number of anilines is 3. The van der Waals surface area contributed by atoms with E-state index in [0.29, 0.717) is 24.7 Å². The van der Waals surface area contributed by atoms with Crippen LogP contribution in [0.15, 0.2) is 36.5 Å². The van der Waals surface area contributed by atoms with Crippen LogP contribution in [0.5, 0.6) is 0 Å². The fourth-order valence-electron chi connectivity index (χ4n) is 3.62. The molecule has 3 heterocycles. The van der Waals surface area contributed by atoms with Gasteiger partial charge in [-0.2, -0.15) is 4.98 Å². The van der Waals surface area contributed by atoms with Crippen LogP contribution < -0.4 is 10.2 Å². The molecule has 0 amide bonds. The number of hydrogen-bond donors (Lipinski definition) is 3. The second-order valence-corrected chi connectivity index (χ2v) is 6.89. The number of benzene rings is 1. The summed E-state index contributed by atoms with van der Waals surface area (Å²) in [7, 11) is 0. The summed E-state index contributed by atoms with van der Waals surface area (Å²) in [6.45, 7) is 2.80. The Morgan fingerprint density at radius 2 is 2.22 bits per heavy atom. The van der Waals surface area contributed by atoms with E-state index >= 15 is 0 Å². The largest absolute Gasteiger partial charge is 0.480 e. The molecule has 0 radical (unpaired) electrons. The van der Waals surface area contributed by atoms with Crippen LogP contribution in [-0.2, 0) is 11.2 Å². The zero-order valence-corrected chi connectivity index (χ0v) is 15.3. The highest BCUT2D eigenvalue weighted by Gasteiger charge is 2.31. The van der Waals surface area contributed by atoms with Crippen LogP contribution >= 0.6 is 0 Å². The lowest BCUT2D eigenvalue weighted by Crippen LogP contribution is -2.36. The standard InChI is InChI=1S/C20H23N5O2/c1-2-4-14-12-18(25-10-3-5-17(25)19(26)27)24-20(22-14)23-15-7-6-13-8-9-21-16(13)11-15/h6-9,11-12,17,21H,2-5,10H2,1H3,(H,26,27)(H,22,23,24)/t17-/m0/s1. The van der Waals surface area contributed by atoms with Gasteiger partial charge in [-0.25, -0.2) is 9.78 Å². The number of aromatic nitrogens is 3. The number of nitrogens with one attached hydrogen (secondary N) is 2. The van der Waals surface area contributed by atoms with Crippen molar-refractivity contribution in [3.05, 3.63) is 42.2 Å². The Balaban J connectivity index is 1.67. The zero-order chi connectivity index (χ0) is 18.8. The summed E-state index contributed by atoms with van der Waals surface area (Å²) in [5, 5.41) is 13.9. The summed E-state index contributed by atoms with van der Waals surface area (Å²) in [5.74, 6) is 0.384. The van der Waals surface area contributed by atoms with E-state index in [1.165, 1.54) is 0 Å². The van der Waals surface area contributed by atoms with Gasteiger partial charge < -0.3 is 20.3 Å². The maximum atomic E-state index is 11.6. The summed E-state index contributed by atoms with van der Waals surface area (Å²) in [5.41, 5.74) is 2.85. The molecule has 7 nitrogen and oxygen atoms in total. The van der Waals surface area contributed by atoms with Crippen molar-refractivity contribution in [3.63, 3.8) is 0 Å². The maximum absolute atomic E-state index is 11.6. The maximum Gasteiger partial charge on any atom is 0.326 e. The number of carboxylic acid groups (broad SMARTS) is 1. The van der Waals surface area contributed by atoms with Crippen LogP contribution in [0.3, 0.4) is 0 Å². The third kappa shape index (κ3) is 3.58. The molecule has 1 atom stereocenters. The number of aliphatic carboxylic acids is 1. The van der Waals surface area contributed by atoms with Crippen molar-refractivity contribution in [2.24, 2.45) is 0 Å². The Bertz CT molecular complexity index is 968. The van der Waals surface area contributed by atoms with Gasteiger partial charge in [-0.3, -0.25) is 0 Å². The van der Waals surface area contributed by atoms with E-state index in [0.717, 1.165) is 41.5 Å². The van der Waals surface area contributed by atoms with E-state index < -0.39 is 12.0 Å². The molecule has 0 unspecified atom stereocenters. The first-order chi connectivity index (χ1) is 13.1. The minimum atomic E-state index is -0.796. The highest BCUT2D eigenvalue weighted by Crippen LogP contribution is 2.27. The van der Waals surface area contributed by atoms with Gasteiger partial charge in [-0.05, 0) is 42.8 Å². The first-order valence-electron chi connectivity index (χ1n) is 9.35. The zero-order valence-electron chi connectivity index (χ0n) is 15.3. The first kappa shape index (κ1) is 17.3. The molecule has 0 spiro atoms. The highest BCUT2D eigenvalue weighted by molar-refractivity contribution is 5.83. The Labute approximate surface area is 157 Å². The van der Waals surface area contributed by atoms with Crippen molar-refractivity contribution < 1.29 is 9.90 Å². The smallest absolute Gasteiger partial charge is 0.326 e. The van der Waals surface area contributed by atoms with Crippen molar-refractivity contribution in [1.29, 1.82) is 0 Å². The number of H-pyrrole nitrogens is 1. The van der Waals surface area contributed by atoms with E-state index in [9.17, 15) is 9.90 Å². The third-order valence-electron chi connectivity index (χ3n) is 4.92.